The lowest BCUT2D eigenvalue weighted by atomic mass is 9.64. The van der Waals surface area contributed by atoms with Crippen LogP contribution < -0.4 is 0 Å². The lowest BCUT2D eigenvalue weighted by Crippen LogP contribution is -2.30. The molecule has 1 aliphatic rings. The van der Waals surface area contributed by atoms with Crippen LogP contribution >= 0.6 is 11.8 Å². The van der Waals surface area contributed by atoms with Crippen LogP contribution in [-0.4, -0.2) is 12.0 Å². The molecule has 15 heavy (non-hydrogen) atoms. The van der Waals surface area contributed by atoms with E-state index in [4.69, 9.17) is 0 Å². The number of hydrogen-bond donors (Lipinski definition) is 0. The summed E-state index contributed by atoms with van der Waals surface area (Å²) in [6, 6.07) is 2.60. The van der Waals surface area contributed by atoms with Crippen LogP contribution in [0.4, 0.5) is 0 Å². The lowest BCUT2D eigenvalue weighted by Gasteiger charge is -2.39. The van der Waals surface area contributed by atoms with Crippen LogP contribution in [0.5, 0.6) is 0 Å². The standard InChI is InChI=1S/C13H23NS/c1-12(2)6-8-13(11-14,9-7-12)5-4-10-15-3/h4-10H2,1-3H3. The van der Waals surface area contributed by atoms with E-state index in [-0.39, 0.29) is 5.41 Å². The van der Waals surface area contributed by atoms with E-state index in [0.717, 1.165) is 19.3 Å². The van der Waals surface area contributed by atoms with Crippen LogP contribution in [-0.2, 0) is 0 Å². The monoisotopic (exact) mass is 225 g/mol. The molecule has 0 spiro atoms. The molecule has 0 N–H and O–H groups in total. The minimum Gasteiger partial charge on any atom is -0.198 e. The highest BCUT2D eigenvalue weighted by Crippen LogP contribution is 2.47. The van der Waals surface area contributed by atoms with E-state index in [1.165, 1.54) is 25.0 Å². The van der Waals surface area contributed by atoms with Crippen molar-refractivity contribution in [3.63, 3.8) is 0 Å². The average Bonchev–Trinajstić information content (AvgIpc) is 2.22. The van der Waals surface area contributed by atoms with Gasteiger partial charge in [-0.1, -0.05) is 13.8 Å². The summed E-state index contributed by atoms with van der Waals surface area (Å²) in [5, 5.41) is 9.35. The van der Waals surface area contributed by atoms with Gasteiger partial charge in [-0.25, -0.2) is 0 Å². The fourth-order valence-electron chi connectivity index (χ4n) is 2.38. The summed E-state index contributed by atoms with van der Waals surface area (Å²) in [4.78, 5) is 0. The highest BCUT2D eigenvalue weighted by molar-refractivity contribution is 7.98. The maximum absolute atomic E-state index is 9.35. The average molecular weight is 225 g/mol. The summed E-state index contributed by atoms with van der Waals surface area (Å²) >= 11 is 1.89. The molecule has 0 aromatic rings. The van der Waals surface area contributed by atoms with Crippen LogP contribution in [0.2, 0.25) is 0 Å². The van der Waals surface area contributed by atoms with Crippen LogP contribution in [0.1, 0.15) is 52.4 Å². The van der Waals surface area contributed by atoms with Gasteiger partial charge in [0.1, 0.15) is 0 Å². The van der Waals surface area contributed by atoms with Crippen molar-refractivity contribution in [3.05, 3.63) is 0 Å². The summed E-state index contributed by atoms with van der Waals surface area (Å²) < 4.78 is 0. The zero-order valence-corrected chi connectivity index (χ0v) is 11.1. The fourth-order valence-corrected chi connectivity index (χ4v) is 2.81. The molecule has 86 valence electrons. The Morgan fingerprint density at radius 2 is 1.80 bits per heavy atom. The Kier molecular flexibility index (Phi) is 4.52. The molecule has 0 bridgehead atoms. The fraction of sp³-hybridized carbons (Fsp3) is 0.923. The zero-order valence-electron chi connectivity index (χ0n) is 10.3. The zero-order chi connectivity index (χ0) is 11.4. The van der Waals surface area contributed by atoms with E-state index in [2.05, 4.69) is 26.2 Å². The van der Waals surface area contributed by atoms with Gasteiger partial charge in [-0.05, 0) is 55.9 Å². The molecule has 0 heterocycles. The van der Waals surface area contributed by atoms with Gasteiger partial charge in [-0.2, -0.15) is 17.0 Å². The third kappa shape index (κ3) is 3.72. The molecular formula is C13H23NS. The number of thioether (sulfide) groups is 1. The first-order valence-corrected chi connectivity index (χ1v) is 7.33. The molecule has 1 nitrogen and oxygen atoms in total. The van der Waals surface area contributed by atoms with Crippen molar-refractivity contribution in [2.75, 3.05) is 12.0 Å². The highest BCUT2D eigenvalue weighted by Gasteiger charge is 2.37. The molecule has 0 aliphatic heterocycles. The van der Waals surface area contributed by atoms with Crippen LogP contribution in [0.25, 0.3) is 0 Å². The van der Waals surface area contributed by atoms with E-state index in [0.29, 0.717) is 5.41 Å². The summed E-state index contributed by atoms with van der Waals surface area (Å²) in [6.45, 7) is 4.66. The van der Waals surface area contributed by atoms with E-state index in [1.807, 2.05) is 11.8 Å². The van der Waals surface area contributed by atoms with Crippen molar-refractivity contribution in [3.8, 4) is 6.07 Å². The van der Waals surface area contributed by atoms with Crippen molar-refractivity contribution in [2.24, 2.45) is 10.8 Å². The van der Waals surface area contributed by atoms with E-state index in [9.17, 15) is 5.26 Å². The molecule has 2 heteroatoms. The summed E-state index contributed by atoms with van der Waals surface area (Å²) in [5.74, 6) is 1.20. The lowest BCUT2D eigenvalue weighted by molar-refractivity contribution is 0.138. The summed E-state index contributed by atoms with van der Waals surface area (Å²) in [5.41, 5.74) is 0.491. The van der Waals surface area contributed by atoms with Gasteiger partial charge in [0, 0.05) is 0 Å². The minimum absolute atomic E-state index is 0.0191. The summed E-state index contributed by atoms with van der Waals surface area (Å²) in [7, 11) is 0. The van der Waals surface area contributed by atoms with Crippen molar-refractivity contribution >= 4 is 11.8 Å². The second kappa shape index (κ2) is 5.25. The maximum atomic E-state index is 9.35. The number of nitriles is 1. The first-order chi connectivity index (χ1) is 7.04. The molecule has 0 aromatic heterocycles. The van der Waals surface area contributed by atoms with Gasteiger partial charge < -0.3 is 0 Å². The van der Waals surface area contributed by atoms with Crippen molar-refractivity contribution < 1.29 is 0 Å². The van der Waals surface area contributed by atoms with Gasteiger partial charge in [0.15, 0.2) is 0 Å². The van der Waals surface area contributed by atoms with Crippen LogP contribution in [0, 0.1) is 22.2 Å². The van der Waals surface area contributed by atoms with Crippen LogP contribution in [0.15, 0.2) is 0 Å². The van der Waals surface area contributed by atoms with Gasteiger partial charge in [0.05, 0.1) is 11.5 Å². The third-order valence-electron chi connectivity index (χ3n) is 3.80. The Hall–Kier alpha value is -0.160. The maximum Gasteiger partial charge on any atom is 0.0689 e. The summed E-state index contributed by atoms with van der Waals surface area (Å²) in [6.07, 6.45) is 9.13. The van der Waals surface area contributed by atoms with Gasteiger partial charge >= 0.3 is 0 Å². The van der Waals surface area contributed by atoms with Gasteiger partial charge in [-0.15, -0.1) is 0 Å². The van der Waals surface area contributed by atoms with E-state index < -0.39 is 0 Å². The molecule has 1 saturated carbocycles. The van der Waals surface area contributed by atoms with Crippen molar-refractivity contribution in [2.45, 2.75) is 52.4 Å². The normalized spacial score (nSPS) is 23.3. The van der Waals surface area contributed by atoms with E-state index >= 15 is 0 Å². The molecule has 0 radical (unpaired) electrons. The molecule has 0 saturated heterocycles. The largest absolute Gasteiger partial charge is 0.198 e. The molecule has 0 amide bonds. The number of nitrogens with zero attached hydrogens (tertiary/aromatic N) is 1. The Morgan fingerprint density at radius 3 is 2.27 bits per heavy atom. The topological polar surface area (TPSA) is 23.8 Å². The second-order valence-corrected chi connectivity index (χ2v) is 6.64. The minimum atomic E-state index is 0.0191. The van der Waals surface area contributed by atoms with Crippen molar-refractivity contribution in [1.29, 1.82) is 5.26 Å². The van der Waals surface area contributed by atoms with Gasteiger partial charge in [-0.3, -0.25) is 0 Å². The Bertz CT molecular complexity index is 229. The smallest absolute Gasteiger partial charge is 0.0689 e. The molecule has 0 atom stereocenters. The molecule has 0 unspecified atom stereocenters. The Labute approximate surface area is 98.6 Å². The molecule has 1 aliphatic carbocycles. The van der Waals surface area contributed by atoms with Gasteiger partial charge in [0.25, 0.3) is 0 Å². The highest BCUT2D eigenvalue weighted by atomic mass is 32.2. The molecule has 1 rings (SSSR count). The number of hydrogen-bond acceptors (Lipinski definition) is 2. The predicted molar refractivity (Wildman–Crippen MR) is 67.9 cm³/mol. The first-order valence-electron chi connectivity index (χ1n) is 5.94. The second-order valence-electron chi connectivity index (χ2n) is 5.65. The third-order valence-corrected chi connectivity index (χ3v) is 4.50. The Balaban J connectivity index is 2.46. The first kappa shape index (κ1) is 12.9. The predicted octanol–water partition coefficient (Wildman–Crippen LogP) is 4.24. The molecule has 0 aromatic carbocycles. The van der Waals surface area contributed by atoms with Gasteiger partial charge in [0.2, 0.25) is 0 Å². The quantitative estimate of drug-likeness (QED) is 0.668. The molecular weight excluding hydrogens is 202 g/mol. The van der Waals surface area contributed by atoms with Crippen LogP contribution in [0.3, 0.4) is 0 Å². The Morgan fingerprint density at radius 1 is 1.20 bits per heavy atom. The van der Waals surface area contributed by atoms with E-state index in [1.54, 1.807) is 0 Å². The number of rotatable bonds is 4. The SMILES string of the molecule is CSCCCC1(C#N)CCC(C)(C)CC1. The van der Waals surface area contributed by atoms with Crippen molar-refractivity contribution in [1.82, 2.24) is 0 Å². The molecule has 1 fully saturated rings.